The molecule has 0 N–H and O–H groups in total. The highest BCUT2D eigenvalue weighted by molar-refractivity contribution is 7.15. The molecule has 4 rings (SSSR count). The number of halogens is 1. The van der Waals surface area contributed by atoms with Gasteiger partial charge in [-0.3, -0.25) is 19.1 Å². The zero-order valence-corrected chi connectivity index (χ0v) is 15.7. The first-order chi connectivity index (χ1) is 12.7. The number of amides is 1. The molecule has 4 heterocycles. The zero-order chi connectivity index (χ0) is 17.9. The van der Waals surface area contributed by atoms with Gasteiger partial charge in [-0.2, -0.15) is 0 Å². The van der Waals surface area contributed by atoms with Crippen molar-refractivity contribution in [2.45, 2.75) is 6.54 Å². The van der Waals surface area contributed by atoms with Crippen molar-refractivity contribution < 1.29 is 4.79 Å². The molecule has 1 saturated heterocycles. The number of hydrogen-bond donors (Lipinski definition) is 0. The summed E-state index contributed by atoms with van der Waals surface area (Å²) in [6.45, 7) is 3.94. The summed E-state index contributed by atoms with van der Waals surface area (Å²) in [5, 5.41) is 2.36. The molecule has 0 saturated carbocycles. The summed E-state index contributed by atoms with van der Waals surface area (Å²) in [7, 11) is 0. The van der Waals surface area contributed by atoms with Crippen LogP contribution in [0.3, 0.4) is 0 Å². The fourth-order valence-corrected chi connectivity index (χ4v) is 4.03. The molecule has 6 nitrogen and oxygen atoms in total. The Morgan fingerprint density at radius 2 is 2.12 bits per heavy atom. The molecule has 0 aliphatic carbocycles. The standard InChI is InChI=1S/C18H18ClN5OS/c19-17-15(24-11-12-26-18(24)21-17)4-5-16(25)23-9-7-22(8-10-23)13-14-3-1-2-6-20-14/h1-6,11-12H,7-10,13H2/b5-4+. The van der Waals surface area contributed by atoms with Gasteiger partial charge in [0, 0.05) is 56.6 Å². The molecule has 26 heavy (non-hydrogen) atoms. The molecule has 1 fully saturated rings. The van der Waals surface area contributed by atoms with Crippen LogP contribution in [0.15, 0.2) is 42.0 Å². The monoisotopic (exact) mass is 387 g/mol. The molecule has 134 valence electrons. The maximum Gasteiger partial charge on any atom is 0.246 e. The lowest BCUT2D eigenvalue weighted by Crippen LogP contribution is -2.47. The van der Waals surface area contributed by atoms with Gasteiger partial charge in [0.2, 0.25) is 5.91 Å². The normalized spacial score (nSPS) is 16.0. The number of rotatable bonds is 4. The zero-order valence-electron chi connectivity index (χ0n) is 14.1. The fraction of sp³-hybridized carbons (Fsp3) is 0.278. The largest absolute Gasteiger partial charge is 0.337 e. The van der Waals surface area contributed by atoms with Crippen molar-refractivity contribution in [1.29, 1.82) is 0 Å². The number of piperazine rings is 1. The predicted octanol–water partition coefficient (Wildman–Crippen LogP) is 2.80. The second kappa shape index (κ2) is 7.57. The van der Waals surface area contributed by atoms with Crippen LogP contribution in [-0.2, 0) is 11.3 Å². The van der Waals surface area contributed by atoms with Crippen molar-refractivity contribution in [1.82, 2.24) is 24.2 Å². The van der Waals surface area contributed by atoms with Gasteiger partial charge in [-0.15, -0.1) is 11.3 Å². The van der Waals surface area contributed by atoms with Crippen LogP contribution in [0.1, 0.15) is 11.4 Å². The van der Waals surface area contributed by atoms with Gasteiger partial charge >= 0.3 is 0 Å². The molecule has 0 bridgehead atoms. The number of imidazole rings is 1. The van der Waals surface area contributed by atoms with E-state index in [2.05, 4.69) is 14.9 Å². The fourth-order valence-electron chi connectivity index (χ4n) is 3.03. The third kappa shape index (κ3) is 3.65. The summed E-state index contributed by atoms with van der Waals surface area (Å²) in [6, 6.07) is 5.95. The van der Waals surface area contributed by atoms with Crippen LogP contribution in [0, 0.1) is 0 Å². The topological polar surface area (TPSA) is 53.7 Å². The Bertz CT molecular complexity index is 928. The highest BCUT2D eigenvalue weighted by atomic mass is 35.5. The smallest absolute Gasteiger partial charge is 0.246 e. The van der Waals surface area contributed by atoms with Gasteiger partial charge in [0.25, 0.3) is 0 Å². The lowest BCUT2D eigenvalue weighted by molar-refractivity contribution is -0.127. The van der Waals surface area contributed by atoms with E-state index in [4.69, 9.17) is 11.6 Å². The van der Waals surface area contributed by atoms with Crippen molar-refractivity contribution in [2.24, 2.45) is 0 Å². The van der Waals surface area contributed by atoms with E-state index in [1.54, 1.807) is 12.2 Å². The summed E-state index contributed by atoms with van der Waals surface area (Å²) in [5.74, 6) is 0.00346. The molecule has 0 spiro atoms. The van der Waals surface area contributed by atoms with E-state index in [9.17, 15) is 4.79 Å². The highest BCUT2D eigenvalue weighted by Gasteiger charge is 2.20. The molecule has 1 aliphatic rings. The third-order valence-corrected chi connectivity index (χ3v) is 5.47. The first-order valence-electron chi connectivity index (χ1n) is 8.41. The van der Waals surface area contributed by atoms with Gasteiger partial charge in [-0.05, 0) is 18.2 Å². The Hall–Kier alpha value is -2.22. The van der Waals surface area contributed by atoms with E-state index in [-0.39, 0.29) is 5.91 Å². The van der Waals surface area contributed by atoms with E-state index in [1.807, 2.05) is 45.3 Å². The second-order valence-corrected chi connectivity index (χ2v) is 7.33. The van der Waals surface area contributed by atoms with Crippen LogP contribution in [0.2, 0.25) is 5.15 Å². The quantitative estimate of drug-likeness (QED) is 0.646. The van der Waals surface area contributed by atoms with Gasteiger partial charge in [0.15, 0.2) is 10.1 Å². The van der Waals surface area contributed by atoms with Crippen LogP contribution >= 0.6 is 22.9 Å². The van der Waals surface area contributed by atoms with E-state index in [0.717, 1.165) is 36.0 Å². The maximum absolute atomic E-state index is 12.5. The lowest BCUT2D eigenvalue weighted by Gasteiger charge is -2.34. The minimum atomic E-state index is 0.00346. The summed E-state index contributed by atoms with van der Waals surface area (Å²) in [5.41, 5.74) is 1.80. The highest BCUT2D eigenvalue weighted by Crippen LogP contribution is 2.22. The predicted molar refractivity (Wildman–Crippen MR) is 103 cm³/mol. The summed E-state index contributed by atoms with van der Waals surface area (Å²) in [6.07, 6.45) is 7.05. The molecular formula is C18H18ClN5OS. The molecule has 3 aromatic rings. The summed E-state index contributed by atoms with van der Waals surface area (Å²) in [4.78, 5) is 26.1. The Labute approximate surface area is 160 Å². The number of hydrogen-bond acceptors (Lipinski definition) is 5. The summed E-state index contributed by atoms with van der Waals surface area (Å²) < 4.78 is 1.89. The van der Waals surface area contributed by atoms with Crippen LogP contribution in [0.25, 0.3) is 11.0 Å². The number of carbonyl (C=O) groups excluding carboxylic acids is 1. The Kier molecular flexibility index (Phi) is 5.01. The first kappa shape index (κ1) is 17.2. The molecular weight excluding hydrogens is 370 g/mol. The molecule has 0 radical (unpaired) electrons. The number of nitrogens with zero attached hydrogens (tertiary/aromatic N) is 5. The maximum atomic E-state index is 12.5. The summed E-state index contributed by atoms with van der Waals surface area (Å²) >= 11 is 7.67. The third-order valence-electron chi connectivity index (χ3n) is 4.43. The Balaban J connectivity index is 1.35. The van der Waals surface area contributed by atoms with Gasteiger partial charge < -0.3 is 4.90 Å². The van der Waals surface area contributed by atoms with E-state index in [1.165, 1.54) is 11.3 Å². The Morgan fingerprint density at radius 1 is 1.27 bits per heavy atom. The van der Waals surface area contributed by atoms with E-state index in [0.29, 0.717) is 18.2 Å². The SMILES string of the molecule is O=C(/C=C/c1c(Cl)nc2sccn12)N1CCN(Cc2ccccn2)CC1. The molecule has 8 heteroatoms. The van der Waals surface area contributed by atoms with Crippen LogP contribution in [0.4, 0.5) is 0 Å². The number of aromatic nitrogens is 3. The molecule has 0 unspecified atom stereocenters. The lowest BCUT2D eigenvalue weighted by atomic mass is 10.2. The van der Waals surface area contributed by atoms with Gasteiger partial charge in [0.05, 0.1) is 11.4 Å². The second-order valence-electron chi connectivity index (χ2n) is 6.10. The number of thiazole rings is 1. The minimum Gasteiger partial charge on any atom is -0.337 e. The average Bonchev–Trinajstić information content (AvgIpc) is 3.22. The van der Waals surface area contributed by atoms with Crippen molar-refractivity contribution in [3.63, 3.8) is 0 Å². The number of carbonyl (C=O) groups is 1. The molecule has 0 aromatic carbocycles. The molecule has 1 aliphatic heterocycles. The van der Waals surface area contributed by atoms with Crippen LogP contribution < -0.4 is 0 Å². The van der Waals surface area contributed by atoms with Crippen molar-refractivity contribution in [3.05, 3.63) is 58.6 Å². The van der Waals surface area contributed by atoms with Crippen LogP contribution in [-0.4, -0.2) is 56.3 Å². The number of pyridine rings is 1. The van der Waals surface area contributed by atoms with Gasteiger partial charge in [0.1, 0.15) is 0 Å². The number of fused-ring (bicyclic) bond motifs is 1. The van der Waals surface area contributed by atoms with Gasteiger partial charge in [-0.25, -0.2) is 4.98 Å². The molecule has 1 amide bonds. The van der Waals surface area contributed by atoms with Crippen molar-refractivity contribution in [3.8, 4) is 0 Å². The van der Waals surface area contributed by atoms with Crippen molar-refractivity contribution in [2.75, 3.05) is 26.2 Å². The molecule has 0 atom stereocenters. The van der Waals surface area contributed by atoms with Crippen LogP contribution in [0.5, 0.6) is 0 Å². The Morgan fingerprint density at radius 3 is 2.88 bits per heavy atom. The van der Waals surface area contributed by atoms with Gasteiger partial charge in [-0.1, -0.05) is 17.7 Å². The first-order valence-corrected chi connectivity index (χ1v) is 9.67. The molecule has 3 aromatic heterocycles. The van der Waals surface area contributed by atoms with E-state index < -0.39 is 0 Å². The van der Waals surface area contributed by atoms with E-state index >= 15 is 0 Å². The minimum absolute atomic E-state index is 0.00346. The average molecular weight is 388 g/mol. The van der Waals surface area contributed by atoms with Crippen molar-refractivity contribution >= 4 is 39.9 Å².